The molecule has 1 N–H and O–H groups in total. The van der Waals surface area contributed by atoms with Gasteiger partial charge in [-0.3, -0.25) is 9.78 Å². The Morgan fingerprint density at radius 2 is 2.05 bits per heavy atom. The molecule has 0 spiro atoms. The first kappa shape index (κ1) is 14.7. The van der Waals surface area contributed by atoms with Gasteiger partial charge in [0.25, 0.3) is 5.91 Å². The summed E-state index contributed by atoms with van der Waals surface area (Å²) in [6, 6.07) is 13.6. The molecule has 1 atom stereocenters. The summed E-state index contributed by atoms with van der Waals surface area (Å²) in [6.07, 6.45) is 5.04. The molecular weight excluding hydrogens is 276 g/mol. The van der Waals surface area contributed by atoms with Gasteiger partial charge in [-0.15, -0.1) is 0 Å². The first-order chi connectivity index (χ1) is 10.7. The van der Waals surface area contributed by atoms with Crippen LogP contribution in [-0.4, -0.2) is 40.6 Å². The van der Waals surface area contributed by atoms with Crippen molar-refractivity contribution in [1.29, 1.82) is 0 Å². The Kier molecular flexibility index (Phi) is 4.20. The Labute approximate surface area is 130 Å². The molecule has 1 saturated heterocycles. The van der Waals surface area contributed by atoms with Crippen molar-refractivity contribution >= 4 is 5.91 Å². The van der Waals surface area contributed by atoms with Crippen molar-refractivity contribution in [2.75, 3.05) is 19.7 Å². The van der Waals surface area contributed by atoms with Gasteiger partial charge in [0.2, 0.25) is 0 Å². The quantitative estimate of drug-likeness (QED) is 0.945. The maximum Gasteiger partial charge on any atom is 0.255 e. The van der Waals surface area contributed by atoms with Gasteiger partial charge in [-0.1, -0.05) is 30.3 Å². The Hall–Kier alpha value is -2.20. The summed E-state index contributed by atoms with van der Waals surface area (Å²) < 4.78 is 0. The molecule has 0 aliphatic carbocycles. The van der Waals surface area contributed by atoms with Crippen LogP contribution in [-0.2, 0) is 5.41 Å². The Bertz CT molecular complexity index is 630. The van der Waals surface area contributed by atoms with E-state index in [2.05, 4.69) is 4.98 Å². The second-order valence-corrected chi connectivity index (χ2v) is 5.88. The van der Waals surface area contributed by atoms with E-state index in [0.717, 1.165) is 24.9 Å². The number of aromatic nitrogens is 1. The van der Waals surface area contributed by atoms with Crippen molar-refractivity contribution in [1.82, 2.24) is 9.88 Å². The molecule has 114 valence electrons. The highest BCUT2D eigenvalue weighted by Gasteiger charge is 2.38. The van der Waals surface area contributed by atoms with Gasteiger partial charge in [0, 0.05) is 30.9 Å². The molecule has 1 aliphatic heterocycles. The SMILES string of the molecule is O=C(c1cccnc1)N1CCCC(CO)(c2ccccc2)C1. The van der Waals surface area contributed by atoms with E-state index >= 15 is 0 Å². The fourth-order valence-corrected chi connectivity index (χ4v) is 3.22. The number of benzene rings is 1. The molecule has 4 heteroatoms. The summed E-state index contributed by atoms with van der Waals surface area (Å²) in [5, 5.41) is 10.0. The van der Waals surface area contributed by atoms with Crippen molar-refractivity contribution in [2.45, 2.75) is 18.3 Å². The third kappa shape index (κ3) is 2.74. The van der Waals surface area contributed by atoms with Gasteiger partial charge in [-0.25, -0.2) is 0 Å². The van der Waals surface area contributed by atoms with E-state index in [1.807, 2.05) is 35.2 Å². The summed E-state index contributed by atoms with van der Waals surface area (Å²) in [6.45, 7) is 1.32. The molecule has 0 radical (unpaired) electrons. The lowest BCUT2D eigenvalue weighted by molar-refractivity contribution is 0.0543. The second kappa shape index (κ2) is 6.28. The molecule has 3 rings (SSSR count). The Morgan fingerprint density at radius 1 is 1.23 bits per heavy atom. The minimum Gasteiger partial charge on any atom is -0.395 e. The minimum atomic E-state index is -0.364. The van der Waals surface area contributed by atoms with E-state index in [4.69, 9.17) is 0 Å². The van der Waals surface area contributed by atoms with Crippen LogP contribution in [0.1, 0.15) is 28.8 Å². The molecular formula is C18H20N2O2. The second-order valence-electron chi connectivity index (χ2n) is 5.88. The zero-order valence-electron chi connectivity index (χ0n) is 12.5. The van der Waals surface area contributed by atoms with Crippen LogP contribution in [0.5, 0.6) is 0 Å². The lowest BCUT2D eigenvalue weighted by Gasteiger charge is -2.42. The molecule has 1 amide bonds. The number of carbonyl (C=O) groups excluding carboxylic acids is 1. The number of carbonyl (C=O) groups is 1. The summed E-state index contributed by atoms with van der Waals surface area (Å²) in [5.74, 6) is -0.0124. The average Bonchev–Trinajstić information content (AvgIpc) is 2.62. The molecule has 1 fully saturated rings. The number of hydrogen-bond acceptors (Lipinski definition) is 3. The first-order valence-corrected chi connectivity index (χ1v) is 7.61. The largest absolute Gasteiger partial charge is 0.395 e. The van der Waals surface area contributed by atoms with E-state index in [-0.39, 0.29) is 17.9 Å². The van der Waals surface area contributed by atoms with Crippen LogP contribution in [0.25, 0.3) is 0 Å². The summed E-state index contributed by atoms with van der Waals surface area (Å²) in [4.78, 5) is 18.5. The molecule has 1 unspecified atom stereocenters. The van der Waals surface area contributed by atoms with Gasteiger partial charge in [0.15, 0.2) is 0 Å². The lowest BCUT2D eigenvalue weighted by atomic mass is 9.74. The molecule has 1 aliphatic rings. The van der Waals surface area contributed by atoms with Gasteiger partial charge >= 0.3 is 0 Å². The topological polar surface area (TPSA) is 53.4 Å². The van der Waals surface area contributed by atoms with E-state index in [1.165, 1.54) is 0 Å². The molecule has 0 bridgehead atoms. The summed E-state index contributed by atoms with van der Waals surface area (Å²) >= 11 is 0. The van der Waals surface area contributed by atoms with Crippen LogP contribution in [0.3, 0.4) is 0 Å². The maximum absolute atomic E-state index is 12.6. The number of aliphatic hydroxyl groups is 1. The van der Waals surface area contributed by atoms with Crippen LogP contribution < -0.4 is 0 Å². The van der Waals surface area contributed by atoms with Crippen LogP contribution >= 0.6 is 0 Å². The van der Waals surface area contributed by atoms with E-state index in [1.54, 1.807) is 24.5 Å². The van der Waals surface area contributed by atoms with Gasteiger partial charge in [0.1, 0.15) is 0 Å². The number of likely N-dealkylation sites (tertiary alicyclic amines) is 1. The molecule has 2 heterocycles. The molecule has 0 saturated carbocycles. The van der Waals surface area contributed by atoms with Crippen LogP contribution in [0.15, 0.2) is 54.9 Å². The molecule has 1 aromatic carbocycles. The zero-order valence-corrected chi connectivity index (χ0v) is 12.5. The number of rotatable bonds is 3. The van der Waals surface area contributed by atoms with Crippen molar-refractivity contribution in [2.24, 2.45) is 0 Å². The predicted octanol–water partition coefficient (Wildman–Crippen LogP) is 2.25. The Balaban J connectivity index is 1.86. The van der Waals surface area contributed by atoms with Gasteiger partial charge < -0.3 is 10.0 Å². The van der Waals surface area contributed by atoms with Crippen LogP contribution in [0, 0.1) is 0 Å². The fraction of sp³-hybridized carbons (Fsp3) is 0.333. The number of piperidine rings is 1. The van der Waals surface area contributed by atoms with Crippen molar-refractivity contribution in [3.05, 3.63) is 66.0 Å². The third-order valence-corrected chi connectivity index (χ3v) is 4.46. The number of pyridine rings is 1. The lowest BCUT2D eigenvalue weighted by Crippen LogP contribution is -2.50. The highest BCUT2D eigenvalue weighted by molar-refractivity contribution is 5.94. The van der Waals surface area contributed by atoms with Crippen molar-refractivity contribution in [3.8, 4) is 0 Å². The number of nitrogens with zero attached hydrogens (tertiary/aromatic N) is 2. The van der Waals surface area contributed by atoms with Gasteiger partial charge in [-0.05, 0) is 30.5 Å². The fourth-order valence-electron chi connectivity index (χ4n) is 3.22. The van der Waals surface area contributed by atoms with Crippen molar-refractivity contribution < 1.29 is 9.90 Å². The highest BCUT2D eigenvalue weighted by Crippen LogP contribution is 2.34. The first-order valence-electron chi connectivity index (χ1n) is 7.61. The molecule has 2 aromatic rings. The monoisotopic (exact) mass is 296 g/mol. The van der Waals surface area contributed by atoms with Crippen LogP contribution in [0.4, 0.5) is 0 Å². The van der Waals surface area contributed by atoms with Crippen molar-refractivity contribution in [3.63, 3.8) is 0 Å². The molecule has 4 nitrogen and oxygen atoms in total. The van der Waals surface area contributed by atoms with Crippen LogP contribution in [0.2, 0.25) is 0 Å². The molecule has 1 aromatic heterocycles. The highest BCUT2D eigenvalue weighted by atomic mass is 16.3. The number of aliphatic hydroxyl groups excluding tert-OH is 1. The number of amides is 1. The minimum absolute atomic E-state index is 0.0124. The number of hydrogen-bond donors (Lipinski definition) is 1. The normalized spacial score (nSPS) is 21.6. The molecule has 22 heavy (non-hydrogen) atoms. The zero-order chi connectivity index (χ0) is 15.4. The van der Waals surface area contributed by atoms with E-state index in [0.29, 0.717) is 12.1 Å². The van der Waals surface area contributed by atoms with E-state index in [9.17, 15) is 9.90 Å². The van der Waals surface area contributed by atoms with E-state index < -0.39 is 0 Å². The Morgan fingerprint density at radius 3 is 2.73 bits per heavy atom. The van der Waals surface area contributed by atoms with Gasteiger partial charge in [-0.2, -0.15) is 0 Å². The maximum atomic E-state index is 12.6. The predicted molar refractivity (Wildman–Crippen MR) is 84.6 cm³/mol. The average molecular weight is 296 g/mol. The summed E-state index contributed by atoms with van der Waals surface area (Å²) in [5.41, 5.74) is 1.34. The summed E-state index contributed by atoms with van der Waals surface area (Å²) in [7, 11) is 0. The smallest absolute Gasteiger partial charge is 0.255 e. The van der Waals surface area contributed by atoms with Gasteiger partial charge in [0.05, 0.1) is 12.2 Å². The standard InChI is InChI=1S/C18H20N2O2/c21-14-18(16-7-2-1-3-8-16)9-5-11-20(13-18)17(22)15-6-4-10-19-12-15/h1-4,6-8,10,12,21H,5,9,11,13-14H2. The third-order valence-electron chi connectivity index (χ3n) is 4.46.